The van der Waals surface area contributed by atoms with E-state index in [2.05, 4.69) is 20.3 Å². The van der Waals surface area contributed by atoms with Crippen LogP contribution in [0.15, 0.2) is 54.9 Å². The first kappa shape index (κ1) is 20.2. The van der Waals surface area contributed by atoms with Crippen molar-refractivity contribution in [2.45, 2.75) is 26.3 Å². The van der Waals surface area contributed by atoms with Crippen molar-refractivity contribution in [2.75, 3.05) is 5.32 Å². The van der Waals surface area contributed by atoms with Crippen molar-refractivity contribution < 1.29 is 8.78 Å². The Morgan fingerprint density at radius 1 is 0.967 bits per heavy atom. The number of fused-ring (bicyclic) bond motifs is 1. The Labute approximate surface area is 178 Å². The van der Waals surface area contributed by atoms with Crippen LogP contribution in [-0.2, 0) is 0 Å². The van der Waals surface area contributed by atoms with Crippen LogP contribution in [0.2, 0.25) is 5.15 Å². The van der Waals surface area contributed by atoms with Crippen LogP contribution in [-0.4, -0.2) is 21.0 Å². The van der Waals surface area contributed by atoms with E-state index in [0.29, 0.717) is 28.0 Å². The van der Waals surface area contributed by atoms with Crippen molar-refractivity contribution in [3.05, 3.63) is 71.6 Å². The van der Waals surface area contributed by atoms with Crippen LogP contribution in [0.5, 0.6) is 0 Å². The van der Waals surface area contributed by atoms with Crippen molar-refractivity contribution in [2.24, 2.45) is 0 Å². The zero-order chi connectivity index (χ0) is 21.3. The van der Waals surface area contributed by atoms with Gasteiger partial charge in [0, 0.05) is 18.4 Å². The number of nitrogens with one attached hydrogen (secondary N) is 1. The molecule has 1 atom stereocenters. The Hall–Kier alpha value is -3.12. The van der Waals surface area contributed by atoms with E-state index >= 15 is 8.78 Å². The topological polar surface area (TPSA) is 50.7 Å². The van der Waals surface area contributed by atoms with Gasteiger partial charge in [-0.3, -0.25) is 0 Å². The molecule has 152 valence electrons. The maximum Gasteiger partial charge on any atom is 0.181 e. The fourth-order valence-corrected chi connectivity index (χ4v) is 3.55. The van der Waals surface area contributed by atoms with Crippen molar-refractivity contribution in [1.82, 2.24) is 15.0 Å². The number of hydrogen-bond acceptors (Lipinski definition) is 4. The van der Waals surface area contributed by atoms with Gasteiger partial charge in [-0.2, -0.15) is 0 Å². The molecule has 0 saturated heterocycles. The van der Waals surface area contributed by atoms with E-state index in [1.807, 2.05) is 32.0 Å². The highest BCUT2D eigenvalue weighted by atomic mass is 35.5. The Bertz CT molecular complexity index is 1190. The molecule has 0 aliphatic heterocycles. The average molecular weight is 425 g/mol. The van der Waals surface area contributed by atoms with E-state index in [1.165, 1.54) is 24.5 Å². The third kappa shape index (κ3) is 3.71. The normalized spacial score (nSPS) is 12.2. The number of benzene rings is 2. The van der Waals surface area contributed by atoms with E-state index in [4.69, 9.17) is 11.6 Å². The Morgan fingerprint density at radius 3 is 2.30 bits per heavy atom. The molecule has 1 unspecified atom stereocenters. The standard InChI is InChI=1S/C23H19ClF2N4/c1-3-13(2)29-20-19(22(24)30-23-21(20)27-9-10-28-23)18-16(25)11-15(12-17(18)26)14-7-5-4-6-8-14/h4-13H,3H2,1-2H3,(H,28,29,30). The van der Waals surface area contributed by atoms with Crippen molar-refractivity contribution in [3.8, 4) is 22.3 Å². The molecule has 2 heterocycles. The number of hydrogen-bond donors (Lipinski definition) is 1. The summed E-state index contributed by atoms with van der Waals surface area (Å²) in [5.41, 5.74) is 2.17. The van der Waals surface area contributed by atoms with Gasteiger partial charge < -0.3 is 5.32 Å². The molecule has 0 saturated carbocycles. The van der Waals surface area contributed by atoms with Crippen molar-refractivity contribution in [1.29, 1.82) is 0 Å². The highest BCUT2D eigenvalue weighted by Crippen LogP contribution is 2.41. The molecule has 4 nitrogen and oxygen atoms in total. The summed E-state index contributed by atoms with van der Waals surface area (Å²) in [4.78, 5) is 12.7. The molecule has 0 bridgehead atoms. The summed E-state index contributed by atoms with van der Waals surface area (Å²) in [5.74, 6) is -1.46. The number of rotatable bonds is 5. The fourth-order valence-electron chi connectivity index (χ4n) is 3.29. The predicted molar refractivity (Wildman–Crippen MR) is 117 cm³/mol. The zero-order valence-corrected chi connectivity index (χ0v) is 17.2. The minimum atomic E-state index is -0.729. The number of pyridine rings is 1. The number of anilines is 1. The van der Waals surface area contributed by atoms with E-state index in [0.717, 1.165) is 6.42 Å². The SMILES string of the molecule is CCC(C)Nc1c(-c2c(F)cc(-c3ccccc3)cc2F)c(Cl)nc2nccnc12. The number of nitrogens with zero attached hydrogens (tertiary/aromatic N) is 3. The van der Waals surface area contributed by atoms with Gasteiger partial charge in [0.2, 0.25) is 0 Å². The van der Waals surface area contributed by atoms with Crippen LogP contribution < -0.4 is 5.32 Å². The van der Waals surface area contributed by atoms with Crippen molar-refractivity contribution >= 4 is 28.5 Å². The van der Waals surface area contributed by atoms with Crippen LogP contribution in [0, 0.1) is 11.6 Å². The lowest BCUT2D eigenvalue weighted by Gasteiger charge is -2.20. The van der Waals surface area contributed by atoms with Crippen LogP contribution in [0.1, 0.15) is 20.3 Å². The minimum absolute atomic E-state index is 0.0159. The van der Waals surface area contributed by atoms with Crippen LogP contribution in [0.25, 0.3) is 33.4 Å². The molecule has 0 aliphatic rings. The third-order valence-corrected chi connectivity index (χ3v) is 5.25. The molecule has 30 heavy (non-hydrogen) atoms. The summed E-state index contributed by atoms with van der Waals surface area (Å²) in [5, 5.41) is 3.24. The second-order valence-corrected chi connectivity index (χ2v) is 7.37. The molecule has 4 rings (SSSR count). The summed E-state index contributed by atoms with van der Waals surface area (Å²) in [6.07, 6.45) is 3.79. The first-order chi connectivity index (χ1) is 14.5. The molecular formula is C23H19ClF2N4. The van der Waals surface area contributed by atoms with Gasteiger partial charge in [0.25, 0.3) is 0 Å². The Morgan fingerprint density at radius 2 is 1.63 bits per heavy atom. The zero-order valence-electron chi connectivity index (χ0n) is 16.5. The molecule has 1 N–H and O–H groups in total. The minimum Gasteiger partial charge on any atom is -0.380 e. The molecule has 4 aromatic rings. The Kier molecular flexibility index (Phi) is 5.59. The van der Waals surface area contributed by atoms with E-state index in [1.54, 1.807) is 12.1 Å². The van der Waals surface area contributed by atoms with Gasteiger partial charge in [-0.25, -0.2) is 23.7 Å². The molecule has 0 amide bonds. The molecule has 2 aromatic carbocycles. The second kappa shape index (κ2) is 8.32. The molecule has 0 aliphatic carbocycles. The second-order valence-electron chi connectivity index (χ2n) is 7.02. The molecule has 0 radical (unpaired) electrons. The van der Waals surface area contributed by atoms with Gasteiger partial charge in [-0.1, -0.05) is 48.9 Å². The van der Waals surface area contributed by atoms with Crippen LogP contribution >= 0.6 is 11.6 Å². The molecule has 0 fully saturated rings. The molecule has 2 aromatic heterocycles. The van der Waals surface area contributed by atoms with Gasteiger partial charge in [-0.15, -0.1) is 0 Å². The number of halogens is 3. The monoisotopic (exact) mass is 424 g/mol. The maximum atomic E-state index is 15.3. The van der Waals surface area contributed by atoms with Crippen LogP contribution in [0.3, 0.4) is 0 Å². The van der Waals surface area contributed by atoms with E-state index in [-0.39, 0.29) is 22.3 Å². The summed E-state index contributed by atoms with van der Waals surface area (Å²) >= 11 is 6.42. The molecular weight excluding hydrogens is 406 g/mol. The average Bonchev–Trinajstić information content (AvgIpc) is 2.75. The predicted octanol–water partition coefficient (Wildman–Crippen LogP) is 6.50. The summed E-state index contributed by atoms with van der Waals surface area (Å²) in [6.45, 7) is 3.97. The lowest BCUT2D eigenvalue weighted by molar-refractivity contribution is 0.590. The lowest BCUT2D eigenvalue weighted by atomic mass is 9.98. The lowest BCUT2D eigenvalue weighted by Crippen LogP contribution is -2.16. The van der Waals surface area contributed by atoms with Gasteiger partial charge in [-0.05, 0) is 36.6 Å². The Balaban J connectivity index is 1.97. The van der Waals surface area contributed by atoms with Gasteiger partial charge in [0.15, 0.2) is 5.65 Å². The largest absolute Gasteiger partial charge is 0.380 e. The van der Waals surface area contributed by atoms with Gasteiger partial charge in [0.05, 0.1) is 16.8 Å². The highest BCUT2D eigenvalue weighted by Gasteiger charge is 2.24. The third-order valence-electron chi connectivity index (χ3n) is 4.98. The number of aromatic nitrogens is 3. The van der Waals surface area contributed by atoms with E-state index < -0.39 is 11.6 Å². The first-order valence-corrected chi connectivity index (χ1v) is 9.99. The van der Waals surface area contributed by atoms with Gasteiger partial charge >= 0.3 is 0 Å². The highest BCUT2D eigenvalue weighted by molar-refractivity contribution is 6.33. The van der Waals surface area contributed by atoms with Crippen molar-refractivity contribution in [3.63, 3.8) is 0 Å². The van der Waals surface area contributed by atoms with Crippen LogP contribution in [0.4, 0.5) is 14.5 Å². The smallest absolute Gasteiger partial charge is 0.181 e. The van der Waals surface area contributed by atoms with E-state index in [9.17, 15) is 0 Å². The fraction of sp³-hybridized carbons (Fsp3) is 0.174. The quantitative estimate of drug-likeness (QED) is 0.371. The molecule has 0 spiro atoms. The molecule has 7 heteroatoms. The summed E-state index contributed by atoms with van der Waals surface area (Å²) < 4.78 is 30.5. The maximum absolute atomic E-state index is 15.3. The summed E-state index contributed by atoms with van der Waals surface area (Å²) in [6, 6.07) is 11.7. The summed E-state index contributed by atoms with van der Waals surface area (Å²) in [7, 11) is 0. The first-order valence-electron chi connectivity index (χ1n) is 9.61. The van der Waals surface area contributed by atoms with Gasteiger partial charge in [0.1, 0.15) is 22.3 Å².